The minimum Gasteiger partial charge on any atom is -0.489 e. The zero-order valence-corrected chi connectivity index (χ0v) is 31.5. The molecule has 0 bridgehead atoms. The van der Waals surface area contributed by atoms with Gasteiger partial charge < -0.3 is 29.5 Å². The van der Waals surface area contributed by atoms with Gasteiger partial charge in [-0.25, -0.2) is 14.6 Å². The van der Waals surface area contributed by atoms with Crippen molar-refractivity contribution >= 4 is 35.1 Å². The average Bonchev–Trinajstić information content (AvgIpc) is 3.05. The summed E-state index contributed by atoms with van der Waals surface area (Å²) in [4.78, 5) is 40.8. The number of hydrogen-bond acceptors (Lipinski definition) is 7. The predicted octanol–water partition coefficient (Wildman–Crippen LogP) is 7.45. The second kappa shape index (κ2) is 13.5. The van der Waals surface area contributed by atoms with Crippen molar-refractivity contribution in [3.8, 4) is 5.75 Å². The Morgan fingerprint density at radius 3 is 2.24 bits per heavy atom. The van der Waals surface area contributed by atoms with Crippen LogP contribution in [0.3, 0.4) is 0 Å². The van der Waals surface area contributed by atoms with Gasteiger partial charge in [0.1, 0.15) is 23.3 Å². The normalized spacial score (nSPS) is 24.5. The lowest BCUT2D eigenvalue weighted by Gasteiger charge is -2.63. The average molecular weight is 705 g/mol. The number of halogens is 1. The lowest BCUT2D eigenvalue weighted by molar-refractivity contribution is -0.164. The van der Waals surface area contributed by atoms with Gasteiger partial charge in [-0.15, -0.1) is 0 Å². The summed E-state index contributed by atoms with van der Waals surface area (Å²) < 4.78 is 11.9. The molecule has 3 aliphatic heterocycles. The van der Waals surface area contributed by atoms with Crippen LogP contribution in [0.2, 0.25) is 5.02 Å². The highest BCUT2D eigenvalue weighted by Crippen LogP contribution is 2.55. The number of pyridine rings is 1. The van der Waals surface area contributed by atoms with E-state index in [1.807, 2.05) is 37.8 Å². The number of piperidine rings is 2. The Hall–Kier alpha value is -3.55. The first-order chi connectivity index (χ1) is 23.5. The molecule has 4 aliphatic rings. The fourth-order valence-electron chi connectivity index (χ4n) is 9.06. The van der Waals surface area contributed by atoms with Crippen LogP contribution in [0, 0.1) is 28.7 Å². The van der Waals surface area contributed by atoms with Crippen LogP contribution < -0.4 is 15.0 Å². The Morgan fingerprint density at radius 1 is 1.02 bits per heavy atom. The van der Waals surface area contributed by atoms with Gasteiger partial charge >= 0.3 is 6.09 Å². The highest BCUT2D eigenvalue weighted by molar-refractivity contribution is 6.33. The molecular weight excluding hydrogens is 652 g/mol. The number of nitrogens with zero attached hydrogens (tertiary/aromatic N) is 5. The molecule has 50 heavy (non-hydrogen) atoms. The van der Waals surface area contributed by atoms with E-state index in [2.05, 4.69) is 47.7 Å². The number of amides is 2. The number of carbonyl (C=O) groups excluding carboxylic acids is 2. The second-order valence-electron chi connectivity index (χ2n) is 17.2. The number of carbonyl (C=O) groups is 2. The number of ether oxygens (including phenoxy) is 2. The number of nitrogens with one attached hydrogen (secondary N) is 1. The molecule has 270 valence electrons. The fraction of sp³-hybridized carbons (Fsp3) is 0.641. The number of hydrogen-bond donors (Lipinski definition) is 1. The lowest BCUT2D eigenvalue weighted by atomic mass is 9.49. The third-order valence-corrected chi connectivity index (χ3v) is 11.8. The SMILES string of the molecule is [C-]#[N+]c1ccc(OC2C(C)(C)C(NC(=O)c3ccc(N4CCC5(CC4)CN(CC4CCN(C(=O)OC(C)(C)C)CC4)C5)nc3)C2(C)C)cc1Cl. The van der Waals surface area contributed by atoms with Crippen LogP contribution >= 0.6 is 11.6 Å². The zero-order chi connectivity index (χ0) is 36.1. The van der Waals surface area contributed by atoms with Crippen molar-refractivity contribution in [1.29, 1.82) is 0 Å². The summed E-state index contributed by atoms with van der Waals surface area (Å²) in [5.74, 6) is 2.03. The Balaban J connectivity index is 0.942. The van der Waals surface area contributed by atoms with Gasteiger partial charge in [0.15, 0.2) is 0 Å². The number of benzene rings is 1. The minimum atomic E-state index is -0.453. The maximum Gasteiger partial charge on any atom is 0.410 e. The maximum atomic E-state index is 13.4. The van der Waals surface area contributed by atoms with E-state index in [1.54, 1.807) is 24.4 Å². The molecule has 1 aliphatic carbocycles. The summed E-state index contributed by atoms with van der Waals surface area (Å²) in [6.45, 7) is 28.3. The summed E-state index contributed by atoms with van der Waals surface area (Å²) >= 11 is 6.25. The Labute approximate surface area is 302 Å². The van der Waals surface area contributed by atoms with Crippen molar-refractivity contribution in [2.24, 2.45) is 22.2 Å². The number of rotatable bonds is 7. The van der Waals surface area contributed by atoms with Crippen LogP contribution in [0.25, 0.3) is 4.85 Å². The van der Waals surface area contributed by atoms with Crippen molar-refractivity contribution in [1.82, 2.24) is 20.1 Å². The third-order valence-electron chi connectivity index (χ3n) is 11.5. The van der Waals surface area contributed by atoms with Gasteiger partial charge in [0.2, 0.25) is 5.69 Å². The summed E-state index contributed by atoms with van der Waals surface area (Å²) in [5.41, 5.74) is 0.213. The summed E-state index contributed by atoms with van der Waals surface area (Å²) in [5, 5.41) is 3.64. The molecule has 2 aromatic rings. The Morgan fingerprint density at radius 2 is 1.68 bits per heavy atom. The van der Waals surface area contributed by atoms with Gasteiger partial charge in [-0.05, 0) is 82.1 Å². The maximum absolute atomic E-state index is 13.4. The van der Waals surface area contributed by atoms with Crippen LogP contribution in [0.5, 0.6) is 5.75 Å². The van der Waals surface area contributed by atoms with Crippen molar-refractivity contribution < 1.29 is 19.1 Å². The number of anilines is 1. The molecule has 4 heterocycles. The molecule has 1 N–H and O–H groups in total. The molecule has 0 radical (unpaired) electrons. The van der Waals surface area contributed by atoms with E-state index in [1.165, 1.54) is 0 Å². The molecule has 6 rings (SSSR count). The van der Waals surface area contributed by atoms with Crippen molar-refractivity contribution in [3.63, 3.8) is 0 Å². The first kappa shape index (κ1) is 36.2. The van der Waals surface area contributed by atoms with Crippen LogP contribution in [0.1, 0.15) is 84.5 Å². The number of aromatic nitrogens is 1. The minimum absolute atomic E-state index is 0.115. The lowest BCUT2D eigenvalue weighted by Crippen LogP contribution is -2.74. The molecule has 3 saturated heterocycles. The molecule has 4 fully saturated rings. The van der Waals surface area contributed by atoms with E-state index in [0.717, 1.165) is 77.3 Å². The van der Waals surface area contributed by atoms with Gasteiger partial charge in [0, 0.05) is 68.9 Å². The van der Waals surface area contributed by atoms with E-state index in [4.69, 9.17) is 32.6 Å². The van der Waals surface area contributed by atoms with Crippen molar-refractivity contribution in [2.45, 2.75) is 91.9 Å². The number of likely N-dealkylation sites (tertiary alicyclic amines) is 2. The predicted molar refractivity (Wildman–Crippen MR) is 196 cm³/mol. The molecule has 1 aromatic carbocycles. The highest BCUT2D eigenvalue weighted by Gasteiger charge is 2.64. The molecule has 1 aromatic heterocycles. The van der Waals surface area contributed by atoms with Gasteiger partial charge in [-0.2, -0.15) is 0 Å². The topological polar surface area (TPSA) is 91.6 Å². The third kappa shape index (κ3) is 7.41. The van der Waals surface area contributed by atoms with E-state index in [9.17, 15) is 9.59 Å². The molecule has 0 atom stereocenters. The van der Waals surface area contributed by atoms with E-state index in [-0.39, 0.29) is 35.0 Å². The van der Waals surface area contributed by atoms with Crippen LogP contribution in [0.4, 0.5) is 16.3 Å². The second-order valence-corrected chi connectivity index (χ2v) is 17.7. The van der Waals surface area contributed by atoms with Crippen molar-refractivity contribution in [3.05, 3.63) is 58.5 Å². The Bertz CT molecular complexity index is 1590. The first-order valence-electron chi connectivity index (χ1n) is 18.1. The van der Waals surface area contributed by atoms with Crippen LogP contribution in [-0.2, 0) is 4.74 Å². The highest BCUT2D eigenvalue weighted by atomic mass is 35.5. The van der Waals surface area contributed by atoms with E-state index < -0.39 is 5.60 Å². The Kier molecular flexibility index (Phi) is 9.81. The summed E-state index contributed by atoms with van der Waals surface area (Å²) in [6, 6.07) is 8.88. The molecule has 1 saturated carbocycles. The summed E-state index contributed by atoms with van der Waals surface area (Å²) in [7, 11) is 0. The molecule has 0 unspecified atom stereocenters. The monoisotopic (exact) mass is 704 g/mol. The van der Waals surface area contributed by atoms with Gasteiger partial charge in [0.05, 0.1) is 17.2 Å². The van der Waals surface area contributed by atoms with Crippen LogP contribution in [-0.4, -0.2) is 90.3 Å². The summed E-state index contributed by atoms with van der Waals surface area (Å²) in [6.07, 6.45) is 5.72. The molecule has 2 amide bonds. The smallest absolute Gasteiger partial charge is 0.410 e. The quantitative estimate of drug-likeness (QED) is 0.300. The van der Waals surface area contributed by atoms with E-state index >= 15 is 0 Å². The van der Waals surface area contributed by atoms with Gasteiger partial charge in [-0.1, -0.05) is 45.4 Å². The van der Waals surface area contributed by atoms with Gasteiger partial charge in [0.25, 0.3) is 5.91 Å². The van der Waals surface area contributed by atoms with E-state index in [0.29, 0.717) is 33.4 Å². The first-order valence-corrected chi connectivity index (χ1v) is 18.4. The fourth-order valence-corrected chi connectivity index (χ4v) is 9.27. The van der Waals surface area contributed by atoms with Crippen LogP contribution in [0.15, 0.2) is 36.5 Å². The molecule has 1 spiro atoms. The van der Waals surface area contributed by atoms with Crippen molar-refractivity contribution in [2.75, 3.05) is 50.7 Å². The molecule has 10 nitrogen and oxygen atoms in total. The molecule has 11 heteroatoms. The molecular formula is C39H53ClN6O4. The zero-order valence-electron chi connectivity index (χ0n) is 30.7. The standard InChI is InChI=1S/C39H53ClN6O4/c1-36(2,3)50-35(48)46-17-13-26(14-18-46)23-44-24-39(25-44)15-19-45(20-16-39)31-12-9-27(22-42-31)32(47)43-33-37(4,5)34(38(33,6)7)49-28-10-11-30(41-8)29(40)21-28/h9-12,21-22,26,33-34H,13-20,23-25H2,1-7H3,(H,43,47). The van der Waals surface area contributed by atoms with Gasteiger partial charge in [-0.3, -0.25) is 4.79 Å². The largest absolute Gasteiger partial charge is 0.489 e.